The minimum Gasteiger partial charge on any atom is -0.329 e. The molecule has 25 heavy (non-hydrogen) atoms. The van der Waals surface area contributed by atoms with Crippen LogP contribution in [0.4, 0.5) is 0 Å². The smallest absolute Gasteiger partial charge is 0.254 e. The fourth-order valence-corrected chi connectivity index (χ4v) is 4.16. The summed E-state index contributed by atoms with van der Waals surface area (Å²) in [6, 6.07) is 16.9. The molecule has 130 valence electrons. The number of amides is 1. The molecule has 1 saturated heterocycles. The van der Waals surface area contributed by atoms with Gasteiger partial charge in [0.2, 0.25) is 0 Å². The monoisotopic (exact) mass is 334 g/mol. The van der Waals surface area contributed by atoms with Gasteiger partial charge < -0.3 is 9.80 Å². The largest absolute Gasteiger partial charge is 0.329 e. The van der Waals surface area contributed by atoms with Crippen LogP contribution in [0, 0.1) is 0 Å². The number of benzene rings is 2. The number of rotatable bonds is 2. The van der Waals surface area contributed by atoms with Crippen molar-refractivity contribution in [3.8, 4) is 0 Å². The van der Waals surface area contributed by atoms with E-state index in [1.165, 1.54) is 29.5 Å². The summed E-state index contributed by atoms with van der Waals surface area (Å²) < 4.78 is 0. The van der Waals surface area contributed by atoms with Crippen LogP contribution in [-0.4, -0.2) is 42.4 Å². The Bertz CT molecular complexity index is 756. The van der Waals surface area contributed by atoms with Gasteiger partial charge >= 0.3 is 0 Å². The minimum absolute atomic E-state index is 0.128. The summed E-state index contributed by atoms with van der Waals surface area (Å²) in [5.74, 6) is 0.176. The van der Waals surface area contributed by atoms with Gasteiger partial charge in [0.05, 0.1) is 6.04 Å². The first-order valence-corrected chi connectivity index (χ1v) is 9.38. The first-order chi connectivity index (χ1) is 12.2. The van der Waals surface area contributed by atoms with Crippen molar-refractivity contribution in [3.05, 3.63) is 70.8 Å². The summed E-state index contributed by atoms with van der Waals surface area (Å²) in [5.41, 5.74) is 4.88. The van der Waals surface area contributed by atoms with E-state index in [4.69, 9.17) is 0 Å². The fourth-order valence-electron chi connectivity index (χ4n) is 4.16. The summed E-state index contributed by atoms with van der Waals surface area (Å²) >= 11 is 0. The van der Waals surface area contributed by atoms with Crippen molar-refractivity contribution in [2.24, 2.45) is 0 Å². The van der Waals surface area contributed by atoms with Gasteiger partial charge in [-0.1, -0.05) is 36.4 Å². The zero-order chi connectivity index (χ0) is 17.2. The van der Waals surface area contributed by atoms with E-state index in [0.29, 0.717) is 0 Å². The van der Waals surface area contributed by atoms with Crippen LogP contribution in [0.3, 0.4) is 0 Å². The molecule has 1 amide bonds. The Kier molecular flexibility index (Phi) is 4.58. The lowest BCUT2D eigenvalue weighted by Crippen LogP contribution is -2.49. The third-order valence-electron chi connectivity index (χ3n) is 5.62. The van der Waals surface area contributed by atoms with Crippen molar-refractivity contribution in [2.75, 3.05) is 26.7 Å². The molecule has 1 aliphatic heterocycles. The molecule has 1 aliphatic carbocycles. The Morgan fingerprint density at radius 2 is 1.72 bits per heavy atom. The number of carbonyl (C=O) groups is 1. The van der Waals surface area contributed by atoms with Crippen LogP contribution in [0.25, 0.3) is 0 Å². The quantitative estimate of drug-likeness (QED) is 0.836. The van der Waals surface area contributed by atoms with Crippen molar-refractivity contribution >= 4 is 5.91 Å². The van der Waals surface area contributed by atoms with E-state index in [0.717, 1.165) is 38.0 Å². The van der Waals surface area contributed by atoms with Gasteiger partial charge in [-0.3, -0.25) is 4.79 Å². The summed E-state index contributed by atoms with van der Waals surface area (Å²) in [6.07, 6.45) is 4.78. The Balaban J connectivity index is 1.63. The summed E-state index contributed by atoms with van der Waals surface area (Å²) in [6.45, 7) is 2.60. The van der Waals surface area contributed by atoms with E-state index < -0.39 is 0 Å². The highest BCUT2D eigenvalue weighted by Gasteiger charge is 2.31. The van der Waals surface area contributed by atoms with Gasteiger partial charge in [0.15, 0.2) is 0 Å². The number of nitrogens with zero attached hydrogens (tertiary/aromatic N) is 2. The van der Waals surface area contributed by atoms with E-state index in [1.54, 1.807) is 0 Å². The van der Waals surface area contributed by atoms with E-state index in [2.05, 4.69) is 53.2 Å². The highest BCUT2D eigenvalue weighted by atomic mass is 16.2. The first-order valence-electron chi connectivity index (χ1n) is 9.38. The molecule has 1 unspecified atom stereocenters. The topological polar surface area (TPSA) is 23.6 Å². The van der Waals surface area contributed by atoms with Crippen molar-refractivity contribution in [2.45, 2.75) is 31.7 Å². The Morgan fingerprint density at radius 1 is 0.960 bits per heavy atom. The van der Waals surface area contributed by atoms with Crippen LogP contribution < -0.4 is 0 Å². The third kappa shape index (κ3) is 3.34. The molecular weight excluding hydrogens is 308 g/mol. The van der Waals surface area contributed by atoms with Crippen LogP contribution in [0.15, 0.2) is 48.5 Å². The molecular formula is C22H26N2O. The van der Waals surface area contributed by atoms with Gasteiger partial charge in [-0.05, 0) is 61.6 Å². The van der Waals surface area contributed by atoms with Gasteiger partial charge in [-0.25, -0.2) is 0 Å². The van der Waals surface area contributed by atoms with Crippen molar-refractivity contribution in [1.29, 1.82) is 0 Å². The zero-order valence-electron chi connectivity index (χ0n) is 14.9. The highest BCUT2D eigenvalue weighted by Crippen LogP contribution is 2.28. The second kappa shape index (κ2) is 7.01. The molecule has 4 rings (SSSR count). The maximum Gasteiger partial charge on any atom is 0.254 e. The van der Waals surface area contributed by atoms with Gasteiger partial charge in [0.25, 0.3) is 5.91 Å². The van der Waals surface area contributed by atoms with Crippen molar-refractivity contribution in [3.63, 3.8) is 0 Å². The molecule has 0 saturated carbocycles. The fraction of sp³-hybridized carbons (Fsp3) is 0.409. The Hall–Kier alpha value is -2.13. The lowest BCUT2D eigenvalue weighted by molar-refractivity contribution is 0.0498. The highest BCUT2D eigenvalue weighted by molar-refractivity contribution is 5.95. The van der Waals surface area contributed by atoms with Gasteiger partial charge in [-0.2, -0.15) is 0 Å². The molecule has 1 atom stereocenters. The van der Waals surface area contributed by atoms with E-state index in [1.807, 2.05) is 12.1 Å². The molecule has 3 nitrogen and oxygen atoms in total. The summed E-state index contributed by atoms with van der Waals surface area (Å²) in [4.78, 5) is 17.7. The molecule has 0 radical (unpaired) electrons. The molecule has 2 aliphatic rings. The minimum atomic E-state index is 0.128. The average Bonchev–Trinajstić information content (AvgIpc) is 2.67. The SMILES string of the molecule is CN1CCN(C(=O)c2ccc3c(c2)CCCC3)C(c2ccccc2)C1. The molecule has 1 fully saturated rings. The Labute approximate surface area is 150 Å². The van der Waals surface area contributed by atoms with Crippen molar-refractivity contribution < 1.29 is 4.79 Å². The Morgan fingerprint density at radius 3 is 2.52 bits per heavy atom. The molecule has 0 spiro atoms. The molecule has 2 aromatic rings. The second-order valence-electron chi connectivity index (χ2n) is 7.38. The molecule has 3 heteroatoms. The summed E-state index contributed by atoms with van der Waals surface area (Å²) in [5, 5.41) is 0. The number of aryl methyl sites for hydroxylation is 2. The summed E-state index contributed by atoms with van der Waals surface area (Å²) in [7, 11) is 2.14. The normalized spacial score (nSPS) is 21.0. The number of hydrogen-bond acceptors (Lipinski definition) is 2. The van der Waals surface area contributed by atoms with Crippen LogP contribution in [-0.2, 0) is 12.8 Å². The first kappa shape index (κ1) is 16.3. The predicted molar refractivity (Wildman–Crippen MR) is 101 cm³/mol. The number of carbonyl (C=O) groups excluding carboxylic acids is 1. The van der Waals surface area contributed by atoms with Crippen LogP contribution >= 0.6 is 0 Å². The van der Waals surface area contributed by atoms with Gasteiger partial charge in [0, 0.05) is 25.2 Å². The molecule has 0 N–H and O–H groups in total. The lowest BCUT2D eigenvalue weighted by atomic mass is 9.90. The van der Waals surface area contributed by atoms with Gasteiger partial charge in [-0.15, -0.1) is 0 Å². The number of piperazine rings is 1. The number of hydrogen-bond donors (Lipinski definition) is 0. The standard InChI is InChI=1S/C22H26N2O/c1-23-13-14-24(21(16-23)18-8-3-2-4-9-18)22(25)20-12-11-17-7-5-6-10-19(17)15-20/h2-4,8-9,11-12,15,21H,5-7,10,13-14,16H2,1H3. The lowest BCUT2D eigenvalue weighted by Gasteiger charge is -2.40. The maximum absolute atomic E-state index is 13.3. The van der Waals surface area contributed by atoms with Crippen LogP contribution in [0.2, 0.25) is 0 Å². The molecule has 0 bridgehead atoms. The third-order valence-corrected chi connectivity index (χ3v) is 5.62. The van der Waals surface area contributed by atoms with Crippen LogP contribution in [0.5, 0.6) is 0 Å². The van der Waals surface area contributed by atoms with E-state index in [9.17, 15) is 4.79 Å². The average molecular weight is 334 g/mol. The zero-order valence-corrected chi connectivity index (χ0v) is 14.9. The predicted octanol–water partition coefficient (Wildman–Crippen LogP) is 3.69. The second-order valence-corrected chi connectivity index (χ2v) is 7.38. The molecule has 0 aromatic heterocycles. The number of fused-ring (bicyclic) bond motifs is 1. The number of likely N-dealkylation sites (N-methyl/N-ethyl adjacent to an activating group) is 1. The van der Waals surface area contributed by atoms with Gasteiger partial charge in [0.1, 0.15) is 0 Å². The maximum atomic E-state index is 13.3. The van der Waals surface area contributed by atoms with E-state index >= 15 is 0 Å². The van der Waals surface area contributed by atoms with Crippen LogP contribution in [0.1, 0.15) is 45.9 Å². The molecule has 1 heterocycles. The van der Waals surface area contributed by atoms with Crippen molar-refractivity contribution in [1.82, 2.24) is 9.80 Å². The molecule has 2 aromatic carbocycles. The van der Waals surface area contributed by atoms with E-state index in [-0.39, 0.29) is 11.9 Å².